The van der Waals surface area contributed by atoms with Crippen molar-refractivity contribution in [2.24, 2.45) is 0 Å². The molecular formula is C9H12N2O2S. The zero-order valence-electron chi connectivity index (χ0n) is 7.95. The van der Waals surface area contributed by atoms with Crippen LogP contribution in [0.4, 0.5) is 0 Å². The number of aromatic nitrogens is 1. The normalized spacial score (nSPS) is 21.2. The van der Waals surface area contributed by atoms with Crippen LogP contribution in [-0.4, -0.2) is 24.5 Å². The number of hydrogen-bond donors (Lipinski definition) is 1. The summed E-state index contributed by atoms with van der Waals surface area (Å²) in [5, 5.41) is 5.79. The second-order valence-corrected chi connectivity index (χ2v) is 4.25. The molecule has 14 heavy (non-hydrogen) atoms. The third-order valence-corrected chi connectivity index (χ3v) is 3.07. The molecule has 0 saturated carbocycles. The van der Waals surface area contributed by atoms with E-state index in [0.29, 0.717) is 13.0 Å². The first kappa shape index (κ1) is 9.61. The van der Waals surface area contributed by atoms with Crippen LogP contribution >= 0.6 is 11.3 Å². The van der Waals surface area contributed by atoms with Crippen molar-refractivity contribution >= 4 is 17.2 Å². The molecule has 4 nitrogen and oxygen atoms in total. The van der Waals surface area contributed by atoms with Gasteiger partial charge in [-0.05, 0) is 0 Å². The summed E-state index contributed by atoms with van der Waals surface area (Å²) in [5.74, 6) is 0.376. The second kappa shape index (κ2) is 4.06. The van der Waals surface area contributed by atoms with Crippen LogP contribution in [0.5, 0.6) is 0 Å². The van der Waals surface area contributed by atoms with E-state index in [4.69, 9.17) is 4.74 Å². The first-order valence-electron chi connectivity index (χ1n) is 4.49. The molecule has 1 aromatic heterocycles. The predicted octanol–water partition coefficient (Wildman–Crippen LogP) is 0.893. The fraction of sp³-hybridized carbons (Fsp3) is 0.556. The van der Waals surface area contributed by atoms with Crippen molar-refractivity contribution < 1.29 is 9.53 Å². The molecule has 5 heteroatoms. The Hall–Kier alpha value is -0.940. The molecule has 2 rings (SSSR count). The minimum Gasteiger partial charge on any atom is -0.378 e. The summed E-state index contributed by atoms with van der Waals surface area (Å²) in [6.45, 7) is 1.27. The number of nitrogens with one attached hydrogen (secondary N) is 1. The van der Waals surface area contributed by atoms with Crippen LogP contribution in [-0.2, 0) is 16.1 Å². The van der Waals surface area contributed by atoms with Crippen LogP contribution in [0.2, 0.25) is 0 Å². The third-order valence-electron chi connectivity index (χ3n) is 2.23. The standard InChI is InChI=1S/C9H12N2O2S/c1-13-4-9-11-7(5-14-9)6-2-8(12)10-3-6/h5-6H,2-4H2,1H3,(H,10,12). The first-order chi connectivity index (χ1) is 6.79. The Kier molecular flexibility index (Phi) is 2.79. The number of carbonyl (C=O) groups excluding carboxylic acids is 1. The number of thiazole rings is 1. The lowest BCUT2D eigenvalue weighted by Crippen LogP contribution is -2.13. The Morgan fingerprint density at radius 3 is 3.29 bits per heavy atom. The molecule has 0 spiro atoms. The highest BCUT2D eigenvalue weighted by Gasteiger charge is 2.24. The molecule has 2 heterocycles. The van der Waals surface area contributed by atoms with Crippen LogP contribution in [0.25, 0.3) is 0 Å². The van der Waals surface area contributed by atoms with Gasteiger partial charge >= 0.3 is 0 Å². The molecule has 0 aliphatic carbocycles. The van der Waals surface area contributed by atoms with E-state index in [2.05, 4.69) is 10.3 Å². The Balaban J connectivity index is 2.05. The summed E-state index contributed by atoms with van der Waals surface area (Å²) in [5.41, 5.74) is 1.01. The van der Waals surface area contributed by atoms with Crippen LogP contribution in [0.15, 0.2) is 5.38 Å². The highest BCUT2D eigenvalue weighted by molar-refractivity contribution is 7.09. The molecule has 0 aromatic carbocycles. The summed E-state index contributed by atoms with van der Waals surface area (Å²) in [6, 6.07) is 0. The zero-order valence-corrected chi connectivity index (χ0v) is 8.76. The molecule has 1 saturated heterocycles. The highest BCUT2D eigenvalue weighted by Crippen LogP contribution is 2.24. The quantitative estimate of drug-likeness (QED) is 0.809. The van der Waals surface area contributed by atoms with Gasteiger partial charge in [0.25, 0.3) is 0 Å². The van der Waals surface area contributed by atoms with E-state index in [1.54, 1.807) is 18.4 Å². The van der Waals surface area contributed by atoms with Crippen LogP contribution in [0.3, 0.4) is 0 Å². The van der Waals surface area contributed by atoms with Gasteiger partial charge in [-0.3, -0.25) is 4.79 Å². The van der Waals surface area contributed by atoms with E-state index in [-0.39, 0.29) is 11.8 Å². The third kappa shape index (κ3) is 1.93. The van der Waals surface area contributed by atoms with Gasteiger partial charge in [0, 0.05) is 31.4 Å². The van der Waals surface area contributed by atoms with Crippen molar-refractivity contribution in [2.75, 3.05) is 13.7 Å². The number of amides is 1. The Labute approximate surface area is 86.3 Å². The number of rotatable bonds is 3. The SMILES string of the molecule is COCc1nc(C2CNC(=O)C2)cs1. The van der Waals surface area contributed by atoms with Gasteiger partial charge in [-0.25, -0.2) is 4.98 Å². The molecule has 1 aliphatic rings. The average molecular weight is 212 g/mol. The summed E-state index contributed by atoms with van der Waals surface area (Å²) in [7, 11) is 1.65. The van der Waals surface area contributed by atoms with Gasteiger partial charge < -0.3 is 10.1 Å². The maximum Gasteiger partial charge on any atom is 0.220 e. The molecule has 0 radical (unpaired) electrons. The van der Waals surface area contributed by atoms with E-state index < -0.39 is 0 Å². The molecular weight excluding hydrogens is 200 g/mol. The van der Waals surface area contributed by atoms with Gasteiger partial charge in [-0.15, -0.1) is 11.3 Å². The lowest BCUT2D eigenvalue weighted by Gasteiger charge is -2.00. The molecule has 1 aromatic rings. The number of ether oxygens (including phenoxy) is 1. The zero-order chi connectivity index (χ0) is 9.97. The summed E-state index contributed by atoms with van der Waals surface area (Å²) >= 11 is 1.59. The number of nitrogens with zero attached hydrogens (tertiary/aromatic N) is 1. The number of methoxy groups -OCH3 is 1. The molecule has 76 valence electrons. The Morgan fingerprint density at radius 2 is 2.64 bits per heavy atom. The van der Waals surface area contributed by atoms with Crippen LogP contribution in [0.1, 0.15) is 23.0 Å². The predicted molar refractivity (Wildman–Crippen MR) is 53.2 cm³/mol. The topological polar surface area (TPSA) is 51.2 Å². The van der Waals surface area contributed by atoms with Crippen molar-refractivity contribution in [1.82, 2.24) is 10.3 Å². The monoisotopic (exact) mass is 212 g/mol. The lowest BCUT2D eigenvalue weighted by molar-refractivity contribution is -0.119. The van der Waals surface area contributed by atoms with Crippen molar-refractivity contribution in [3.8, 4) is 0 Å². The van der Waals surface area contributed by atoms with E-state index in [1.807, 2.05) is 5.38 Å². The lowest BCUT2D eigenvalue weighted by atomic mass is 10.1. The minimum atomic E-state index is 0.122. The van der Waals surface area contributed by atoms with Gasteiger partial charge in [0.15, 0.2) is 0 Å². The minimum absolute atomic E-state index is 0.122. The maximum absolute atomic E-state index is 11.0. The molecule has 1 atom stereocenters. The fourth-order valence-corrected chi connectivity index (χ4v) is 2.36. The summed E-state index contributed by atoms with van der Waals surface area (Å²) < 4.78 is 4.99. The highest BCUT2D eigenvalue weighted by atomic mass is 32.1. The molecule has 1 aliphatic heterocycles. The van der Waals surface area contributed by atoms with Gasteiger partial charge in [0.05, 0.1) is 12.3 Å². The van der Waals surface area contributed by atoms with E-state index in [9.17, 15) is 4.79 Å². The number of carbonyl (C=O) groups is 1. The largest absolute Gasteiger partial charge is 0.378 e. The van der Waals surface area contributed by atoms with Gasteiger partial charge in [0.1, 0.15) is 5.01 Å². The van der Waals surface area contributed by atoms with Gasteiger partial charge in [-0.2, -0.15) is 0 Å². The van der Waals surface area contributed by atoms with Crippen molar-refractivity contribution in [2.45, 2.75) is 18.9 Å². The number of hydrogen-bond acceptors (Lipinski definition) is 4. The van der Waals surface area contributed by atoms with E-state index in [1.165, 1.54) is 0 Å². The van der Waals surface area contributed by atoms with Crippen LogP contribution < -0.4 is 5.32 Å². The average Bonchev–Trinajstić information content (AvgIpc) is 2.74. The van der Waals surface area contributed by atoms with Crippen molar-refractivity contribution in [3.05, 3.63) is 16.1 Å². The maximum atomic E-state index is 11.0. The molecule has 1 fully saturated rings. The molecule has 0 bridgehead atoms. The smallest absolute Gasteiger partial charge is 0.220 e. The van der Waals surface area contributed by atoms with Gasteiger partial charge in [0.2, 0.25) is 5.91 Å². The van der Waals surface area contributed by atoms with E-state index in [0.717, 1.165) is 17.2 Å². The Bertz CT molecular complexity index is 337. The Morgan fingerprint density at radius 1 is 1.79 bits per heavy atom. The molecule has 1 unspecified atom stereocenters. The van der Waals surface area contributed by atoms with Gasteiger partial charge in [-0.1, -0.05) is 0 Å². The molecule has 1 amide bonds. The molecule has 1 N–H and O–H groups in total. The second-order valence-electron chi connectivity index (χ2n) is 3.30. The fourth-order valence-electron chi connectivity index (χ4n) is 1.52. The van der Waals surface area contributed by atoms with E-state index >= 15 is 0 Å². The first-order valence-corrected chi connectivity index (χ1v) is 5.37. The summed E-state index contributed by atoms with van der Waals surface area (Å²) in [4.78, 5) is 15.4. The van der Waals surface area contributed by atoms with Crippen molar-refractivity contribution in [1.29, 1.82) is 0 Å². The summed E-state index contributed by atoms with van der Waals surface area (Å²) in [6.07, 6.45) is 0.566. The van der Waals surface area contributed by atoms with Crippen molar-refractivity contribution in [3.63, 3.8) is 0 Å². The van der Waals surface area contributed by atoms with Crippen LogP contribution in [0, 0.1) is 0 Å².